The number of aliphatic hydroxyl groups excluding tert-OH is 3. The number of rotatable bonds is 44. The second-order valence-electron chi connectivity index (χ2n) is 16.7. The molecule has 0 bridgehead atoms. The Kier molecular flexibility index (Phi) is 44.6. The van der Waals surface area contributed by atoms with Crippen molar-refractivity contribution in [1.29, 1.82) is 0 Å². The van der Waals surface area contributed by atoms with Gasteiger partial charge in [0.2, 0.25) is 5.91 Å². The second kappa shape index (κ2) is 46.0. The van der Waals surface area contributed by atoms with Crippen LogP contribution >= 0.6 is 0 Å². The van der Waals surface area contributed by atoms with Crippen molar-refractivity contribution >= 4 is 5.91 Å². The number of allylic oxidation sites excluding steroid dienone is 7. The van der Waals surface area contributed by atoms with E-state index in [1.807, 2.05) is 6.08 Å². The van der Waals surface area contributed by atoms with Crippen LogP contribution in [0.5, 0.6) is 0 Å². The molecule has 3 atom stereocenters. The highest BCUT2D eigenvalue weighted by atomic mass is 16.3. The topological polar surface area (TPSA) is 89.8 Å². The molecular formula is C51H95NO4. The van der Waals surface area contributed by atoms with E-state index < -0.39 is 18.2 Å². The molecular weight excluding hydrogens is 691 g/mol. The van der Waals surface area contributed by atoms with Crippen molar-refractivity contribution in [3.63, 3.8) is 0 Å². The summed E-state index contributed by atoms with van der Waals surface area (Å²) in [7, 11) is 0. The number of hydrogen-bond donors (Lipinski definition) is 4. The van der Waals surface area contributed by atoms with Gasteiger partial charge in [0.1, 0.15) is 0 Å². The Balaban J connectivity index is 3.71. The average Bonchev–Trinajstić information content (AvgIpc) is 3.19. The molecule has 0 rings (SSSR count). The van der Waals surface area contributed by atoms with Crippen molar-refractivity contribution in [2.45, 2.75) is 263 Å². The van der Waals surface area contributed by atoms with E-state index in [1.165, 1.54) is 167 Å². The van der Waals surface area contributed by atoms with E-state index in [2.05, 4.69) is 55.6 Å². The molecule has 0 fully saturated rings. The van der Waals surface area contributed by atoms with Crippen molar-refractivity contribution in [3.8, 4) is 0 Å². The molecule has 3 unspecified atom stereocenters. The third-order valence-electron chi connectivity index (χ3n) is 11.1. The predicted molar refractivity (Wildman–Crippen MR) is 245 cm³/mol. The molecule has 0 aliphatic rings. The summed E-state index contributed by atoms with van der Waals surface area (Å²) < 4.78 is 0. The van der Waals surface area contributed by atoms with Gasteiger partial charge in [0, 0.05) is 0 Å². The summed E-state index contributed by atoms with van der Waals surface area (Å²) in [5.74, 6) is -0.334. The Bertz CT molecular complexity index is 912. The van der Waals surface area contributed by atoms with Crippen molar-refractivity contribution in [1.82, 2.24) is 5.32 Å². The summed E-state index contributed by atoms with van der Waals surface area (Å²) in [5.41, 5.74) is 0. The Morgan fingerprint density at radius 2 is 0.768 bits per heavy atom. The number of carbonyl (C=O) groups is 1. The van der Waals surface area contributed by atoms with Gasteiger partial charge < -0.3 is 20.6 Å². The summed E-state index contributed by atoms with van der Waals surface area (Å²) in [6.45, 7) is 4.20. The van der Waals surface area contributed by atoms with Crippen LogP contribution in [-0.4, -0.2) is 46.1 Å². The number of hydrogen-bond acceptors (Lipinski definition) is 4. The number of carbonyl (C=O) groups excluding carboxylic acids is 1. The van der Waals surface area contributed by atoms with E-state index in [1.54, 1.807) is 6.08 Å². The van der Waals surface area contributed by atoms with Crippen molar-refractivity contribution in [3.05, 3.63) is 48.6 Å². The molecule has 0 saturated carbocycles. The molecule has 0 aliphatic heterocycles. The molecule has 0 heterocycles. The lowest BCUT2D eigenvalue weighted by atomic mass is 10.0. The normalized spacial score (nSPS) is 13.9. The van der Waals surface area contributed by atoms with Gasteiger partial charge in [-0.05, 0) is 70.6 Å². The van der Waals surface area contributed by atoms with Crippen LogP contribution in [0.2, 0.25) is 0 Å². The van der Waals surface area contributed by atoms with E-state index >= 15 is 0 Å². The van der Waals surface area contributed by atoms with Gasteiger partial charge in [0.25, 0.3) is 0 Å². The number of aliphatic hydroxyl groups is 3. The predicted octanol–water partition coefficient (Wildman–Crippen LogP) is 14.5. The maximum atomic E-state index is 12.5. The fraction of sp³-hybridized carbons (Fsp3) is 0.824. The number of amides is 1. The Hall–Kier alpha value is -1.69. The highest BCUT2D eigenvalue weighted by molar-refractivity contribution is 5.76. The van der Waals surface area contributed by atoms with Crippen molar-refractivity contribution in [2.24, 2.45) is 0 Å². The quantitative estimate of drug-likeness (QED) is 0.0366. The smallest absolute Gasteiger partial charge is 0.222 e. The highest BCUT2D eigenvalue weighted by Gasteiger charge is 2.20. The van der Waals surface area contributed by atoms with Gasteiger partial charge in [-0.2, -0.15) is 0 Å². The largest absolute Gasteiger partial charge is 0.394 e. The zero-order valence-corrected chi connectivity index (χ0v) is 37.3. The molecule has 0 aromatic rings. The first kappa shape index (κ1) is 54.3. The number of nitrogens with one attached hydrogen (secondary N) is 1. The Labute approximate surface area is 348 Å². The van der Waals surface area contributed by atoms with Gasteiger partial charge in [-0.3, -0.25) is 4.79 Å². The maximum Gasteiger partial charge on any atom is 0.222 e. The monoisotopic (exact) mass is 786 g/mol. The molecule has 0 radical (unpaired) electrons. The van der Waals surface area contributed by atoms with Crippen LogP contribution in [0.25, 0.3) is 0 Å². The van der Waals surface area contributed by atoms with Gasteiger partial charge in [-0.1, -0.05) is 217 Å². The summed E-state index contributed by atoms with van der Waals surface area (Å²) in [5, 5.41) is 33.3. The van der Waals surface area contributed by atoms with Gasteiger partial charge in [-0.15, -0.1) is 0 Å². The van der Waals surface area contributed by atoms with Crippen LogP contribution in [0.15, 0.2) is 48.6 Å². The summed E-state index contributed by atoms with van der Waals surface area (Å²) >= 11 is 0. The standard InChI is InChI=1S/C51H95NO4/c1-3-5-7-9-11-13-15-17-19-21-22-23-24-25-26-27-29-31-33-35-37-39-41-43-45-50(55)49(47-53)52-51(56)46-48(54)44-42-40-38-36-34-32-30-28-20-18-16-14-12-10-8-6-4-2/h27-30,35,37,43,45,48-50,53-55H,3-26,31-34,36,38-42,44,46-47H2,1-2H3,(H,52,56)/b29-27+,30-28-,37-35+,45-43+. The molecule has 0 aliphatic carbocycles. The van der Waals surface area contributed by atoms with E-state index in [0.717, 1.165) is 51.4 Å². The zero-order valence-electron chi connectivity index (χ0n) is 37.3. The molecule has 1 amide bonds. The van der Waals surface area contributed by atoms with E-state index in [4.69, 9.17) is 0 Å². The molecule has 4 N–H and O–H groups in total. The van der Waals surface area contributed by atoms with Crippen LogP contribution in [0.4, 0.5) is 0 Å². The molecule has 0 saturated heterocycles. The van der Waals surface area contributed by atoms with Crippen LogP contribution in [0.3, 0.4) is 0 Å². The Morgan fingerprint density at radius 3 is 1.14 bits per heavy atom. The van der Waals surface area contributed by atoms with Crippen molar-refractivity contribution in [2.75, 3.05) is 6.61 Å². The first-order valence-corrected chi connectivity index (χ1v) is 24.4. The highest BCUT2D eigenvalue weighted by Crippen LogP contribution is 2.15. The fourth-order valence-electron chi connectivity index (χ4n) is 7.31. The lowest BCUT2D eigenvalue weighted by molar-refractivity contribution is -0.124. The first-order chi connectivity index (χ1) is 27.5. The van der Waals surface area contributed by atoms with Gasteiger partial charge in [0.15, 0.2) is 0 Å². The average molecular weight is 786 g/mol. The van der Waals surface area contributed by atoms with E-state index in [9.17, 15) is 20.1 Å². The summed E-state index contributed by atoms with van der Waals surface area (Å²) in [6.07, 6.45) is 59.8. The number of unbranched alkanes of at least 4 members (excludes halogenated alkanes) is 29. The van der Waals surface area contributed by atoms with Gasteiger partial charge in [-0.25, -0.2) is 0 Å². The minimum absolute atomic E-state index is 0.00392. The third kappa shape index (κ3) is 41.9. The van der Waals surface area contributed by atoms with Gasteiger partial charge in [0.05, 0.1) is 31.3 Å². The minimum Gasteiger partial charge on any atom is -0.394 e. The molecule has 56 heavy (non-hydrogen) atoms. The van der Waals surface area contributed by atoms with Crippen LogP contribution in [-0.2, 0) is 4.79 Å². The van der Waals surface area contributed by atoms with Crippen LogP contribution < -0.4 is 5.32 Å². The molecule has 328 valence electrons. The van der Waals surface area contributed by atoms with Crippen LogP contribution in [0.1, 0.15) is 245 Å². The molecule has 0 aromatic carbocycles. The van der Waals surface area contributed by atoms with Crippen molar-refractivity contribution < 1.29 is 20.1 Å². The first-order valence-electron chi connectivity index (χ1n) is 24.4. The SMILES string of the molecule is CCCCCCCCCC/C=C\CCCCCCCC(O)CC(=O)NC(CO)C(O)/C=C/CC/C=C/CC/C=C/CCCCCCCCCCCCCCCC. The van der Waals surface area contributed by atoms with Gasteiger partial charge >= 0.3 is 0 Å². The minimum atomic E-state index is -0.963. The lowest BCUT2D eigenvalue weighted by Crippen LogP contribution is -2.45. The second-order valence-corrected chi connectivity index (χ2v) is 16.7. The molecule has 0 spiro atoms. The Morgan fingerprint density at radius 1 is 0.446 bits per heavy atom. The van der Waals surface area contributed by atoms with E-state index in [0.29, 0.717) is 6.42 Å². The lowest BCUT2D eigenvalue weighted by Gasteiger charge is -2.20. The molecule has 5 heteroatoms. The zero-order chi connectivity index (χ0) is 40.8. The third-order valence-corrected chi connectivity index (χ3v) is 11.1. The van der Waals surface area contributed by atoms with Crippen LogP contribution in [0, 0.1) is 0 Å². The summed E-state index contributed by atoms with van der Waals surface area (Å²) in [4.78, 5) is 12.5. The molecule has 5 nitrogen and oxygen atoms in total. The fourth-order valence-corrected chi connectivity index (χ4v) is 7.31. The maximum absolute atomic E-state index is 12.5. The summed E-state index contributed by atoms with van der Waals surface area (Å²) in [6, 6.07) is -0.771. The van der Waals surface area contributed by atoms with E-state index in [-0.39, 0.29) is 18.9 Å². The molecule has 0 aromatic heterocycles.